The van der Waals surface area contributed by atoms with Crippen LogP contribution in [0.4, 0.5) is 30.5 Å². The molecule has 0 saturated carbocycles. The molecule has 0 atom stereocenters. The van der Waals surface area contributed by atoms with Crippen molar-refractivity contribution in [1.82, 2.24) is 20.3 Å². The van der Waals surface area contributed by atoms with Crippen LogP contribution < -0.4 is 10.2 Å². The Kier molecular flexibility index (Phi) is 4.07. The molecular weight excluding hydrogens is 353 g/mol. The lowest BCUT2D eigenvalue weighted by Crippen LogP contribution is -2.37. The van der Waals surface area contributed by atoms with Crippen LogP contribution >= 0.6 is 0 Å². The molecule has 11 heteroatoms. The number of halogens is 3. The summed E-state index contributed by atoms with van der Waals surface area (Å²) < 4.78 is 48.8. The van der Waals surface area contributed by atoms with Gasteiger partial charge in [-0.1, -0.05) is 6.07 Å². The minimum Gasteiger partial charge on any atom is -0.378 e. The molecule has 4 rings (SSSR count). The number of alkyl halides is 3. The Morgan fingerprint density at radius 3 is 2.50 bits per heavy atom. The number of anilines is 3. The summed E-state index contributed by atoms with van der Waals surface area (Å²) in [5.74, 6) is 0.725. The van der Waals surface area contributed by atoms with Gasteiger partial charge in [0.25, 0.3) is 0 Å². The SMILES string of the molecule is FC(F)(F)c1cccc(Nc2nc3nonc3nc2N2CCOCC2)c1. The van der Waals surface area contributed by atoms with E-state index in [-0.39, 0.29) is 22.8 Å². The van der Waals surface area contributed by atoms with Crippen molar-refractivity contribution in [2.24, 2.45) is 0 Å². The Morgan fingerprint density at radius 1 is 1.04 bits per heavy atom. The molecule has 1 aromatic carbocycles. The van der Waals surface area contributed by atoms with Gasteiger partial charge in [-0.25, -0.2) is 14.6 Å². The van der Waals surface area contributed by atoms with Crippen LogP contribution in [0.5, 0.6) is 0 Å². The van der Waals surface area contributed by atoms with Crippen molar-refractivity contribution >= 4 is 28.6 Å². The molecule has 26 heavy (non-hydrogen) atoms. The molecule has 3 aromatic rings. The van der Waals surface area contributed by atoms with Crippen molar-refractivity contribution < 1.29 is 22.5 Å². The van der Waals surface area contributed by atoms with Crippen LogP contribution in [0.3, 0.4) is 0 Å². The Balaban J connectivity index is 1.73. The Morgan fingerprint density at radius 2 is 1.77 bits per heavy atom. The molecule has 0 radical (unpaired) electrons. The smallest absolute Gasteiger partial charge is 0.378 e. The second-order valence-electron chi connectivity index (χ2n) is 5.61. The highest BCUT2D eigenvalue weighted by molar-refractivity contribution is 5.77. The van der Waals surface area contributed by atoms with Gasteiger partial charge in [-0.3, -0.25) is 0 Å². The molecule has 0 amide bonds. The molecule has 0 bridgehead atoms. The van der Waals surface area contributed by atoms with E-state index < -0.39 is 11.7 Å². The van der Waals surface area contributed by atoms with E-state index in [9.17, 15) is 13.2 Å². The first-order valence-electron chi connectivity index (χ1n) is 7.78. The molecule has 3 heterocycles. The van der Waals surface area contributed by atoms with E-state index in [0.29, 0.717) is 32.1 Å². The number of rotatable bonds is 3. The average molecular weight is 366 g/mol. The van der Waals surface area contributed by atoms with Gasteiger partial charge in [0.1, 0.15) is 0 Å². The number of morpholine rings is 1. The van der Waals surface area contributed by atoms with Crippen molar-refractivity contribution in [1.29, 1.82) is 0 Å². The zero-order valence-corrected chi connectivity index (χ0v) is 13.3. The maximum Gasteiger partial charge on any atom is 0.416 e. The number of hydrogen-bond acceptors (Lipinski definition) is 8. The van der Waals surface area contributed by atoms with Gasteiger partial charge in [0.2, 0.25) is 11.3 Å². The van der Waals surface area contributed by atoms with Gasteiger partial charge in [-0.2, -0.15) is 13.2 Å². The normalized spacial score (nSPS) is 15.4. The Labute approximate surface area is 144 Å². The predicted molar refractivity (Wildman–Crippen MR) is 85.2 cm³/mol. The largest absolute Gasteiger partial charge is 0.416 e. The van der Waals surface area contributed by atoms with E-state index in [1.807, 2.05) is 4.90 Å². The molecule has 0 spiro atoms. The van der Waals surface area contributed by atoms with Gasteiger partial charge < -0.3 is 15.0 Å². The number of benzene rings is 1. The lowest BCUT2D eigenvalue weighted by Gasteiger charge is -2.28. The first-order chi connectivity index (χ1) is 12.5. The standard InChI is InChI=1S/C15H13F3N6O2/c16-15(17,18)9-2-1-3-10(8-9)19-13-14(24-4-6-25-7-5-24)21-12-11(20-13)22-26-23-12/h1-3,8H,4-7H2,(H,19,20,22). The fraction of sp³-hybridized carbons (Fsp3) is 0.333. The summed E-state index contributed by atoms with van der Waals surface area (Å²) in [7, 11) is 0. The van der Waals surface area contributed by atoms with E-state index in [4.69, 9.17) is 4.74 Å². The van der Waals surface area contributed by atoms with E-state index in [1.165, 1.54) is 12.1 Å². The molecule has 1 saturated heterocycles. The monoisotopic (exact) mass is 366 g/mol. The summed E-state index contributed by atoms with van der Waals surface area (Å²) in [4.78, 5) is 10.6. The zero-order valence-electron chi connectivity index (χ0n) is 13.3. The van der Waals surface area contributed by atoms with Crippen molar-refractivity contribution in [2.75, 3.05) is 36.5 Å². The van der Waals surface area contributed by atoms with Crippen molar-refractivity contribution in [3.8, 4) is 0 Å². The molecular formula is C15H13F3N6O2. The molecule has 1 fully saturated rings. The van der Waals surface area contributed by atoms with E-state index >= 15 is 0 Å². The van der Waals surface area contributed by atoms with E-state index in [1.54, 1.807) is 0 Å². The molecule has 1 aliphatic heterocycles. The second-order valence-corrected chi connectivity index (χ2v) is 5.61. The summed E-state index contributed by atoms with van der Waals surface area (Å²) in [5.41, 5.74) is -0.135. The van der Waals surface area contributed by atoms with Crippen LogP contribution in [0.25, 0.3) is 11.3 Å². The van der Waals surface area contributed by atoms with Crippen molar-refractivity contribution in [3.63, 3.8) is 0 Å². The maximum atomic E-state index is 12.9. The molecule has 8 nitrogen and oxygen atoms in total. The molecule has 2 aromatic heterocycles. The van der Waals surface area contributed by atoms with Gasteiger partial charge in [0.05, 0.1) is 18.8 Å². The lowest BCUT2D eigenvalue weighted by molar-refractivity contribution is -0.137. The molecule has 0 aliphatic carbocycles. The van der Waals surface area contributed by atoms with Crippen LogP contribution in [-0.2, 0) is 10.9 Å². The maximum absolute atomic E-state index is 12.9. The van der Waals surface area contributed by atoms with Crippen LogP contribution in [0.2, 0.25) is 0 Å². The Hall–Kier alpha value is -2.95. The zero-order chi connectivity index (χ0) is 18.1. The van der Waals surface area contributed by atoms with Gasteiger partial charge >= 0.3 is 6.18 Å². The minimum absolute atomic E-state index is 0.163. The molecule has 1 aliphatic rings. The first kappa shape index (κ1) is 16.5. The fourth-order valence-electron chi connectivity index (χ4n) is 2.62. The molecule has 136 valence electrons. The van der Waals surface area contributed by atoms with Gasteiger partial charge in [0, 0.05) is 18.8 Å². The van der Waals surface area contributed by atoms with Crippen molar-refractivity contribution in [2.45, 2.75) is 6.18 Å². The summed E-state index contributed by atoms with van der Waals surface area (Å²) in [6.07, 6.45) is -4.43. The third-order valence-corrected chi connectivity index (χ3v) is 3.86. The highest BCUT2D eigenvalue weighted by Crippen LogP contribution is 2.33. The van der Waals surface area contributed by atoms with Crippen LogP contribution in [-0.4, -0.2) is 46.6 Å². The summed E-state index contributed by atoms with van der Waals surface area (Å²) >= 11 is 0. The number of hydrogen-bond donors (Lipinski definition) is 1. The summed E-state index contributed by atoms with van der Waals surface area (Å²) in [5, 5.41) is 10.2. The van der Waals surface area contributed by atoms with E-state index in [0.717, 1.165) is 12.1 Å². The van der Waals surface area contributed by atoms with E-state index in [2.05, 4.69) is 30.2 Å². The number of aromatic nitrogens is 4. The van der Waals surface area contributed by atoms with Crippen LogP contribution in [0, 0.1) is 0 Å². The number of fused-ring (bicyclic) bond motifs is 1. The van der Waals surface area contributed by atoms with Crippen LogP contribution in [0.15, 0.2) is 28.9 Å². The predicted octanol–water partition coefficient (Wildman–Crippen LogP) is 2.61. The first-order valence-corrected chi connectivity index (χ1v) is 7.78. The summed E-state index contributed by atoms with van der Waals surface area (Å²) in [6, 6.07) is 4.86. The highest BCUT2D eigenvalue weighted by atomic mass is 19.4. The summed E-state index contributed by atoms with van der Waals surface area (Å²) in [6.45, 7) is 2.17. The fourth-order valence-corrected chi connectivity index (χ4v) is 2.62. The second kappa shape index (κ2) is 6.41. The quantitative estimate of drug-likeness (QED) is 0.757. The molecule has 1 N–H and O–H groups in total. The topological polar surface area (TPSA) is 89.2 Å². The van der Waals surface area contributed by atoms with Gasteiger partial charge in [0.15, 0.2) is 11.6 Å². The number of nitrogens with zero attached hydrogens (tertiary/aromatic N) is 5. The minimum atomic E-state index is -4.43. The van der Waals surface area contributed by atoms with Gasteiger partial charge in [-0.05, 0) is 28.5 Å². The highest BCUT2D eigenvalue weighted by Gasteiger charge is 2.30. The third-order valence-electron chi connectivity index (χ3n) is 3.86. The van der Waals surface area contributed by atoms with Crippen molar-refractivity contribution in [3.05, 3.63) is 29.8 Å². The third kappa shape index (κ3) is 3.25. The van der Waals surface area contributed by atoms with Gasteiger partial charge in [-0.15, -0.1) is 0 Å². The van der Waals surface area contributed by atoms with Crippen LogP contribution in [0.1, 0.15) is 5.56 Å². The number of nitrogens with one attached hydrogen (secondary N) is 1. The lowest BCUT2D eigenvalue weighted by atomic mass is 10.2. The number of ether oxygens (including phenoxy) is 1. The molecule has 0 unspecified atom stereocenters. The Bertz CT molecular complexity index is 923. The average Bonchev–Trinajstić information content (AvgIpc) is 3.09.